The summed E-state index contributed by atoms with van der Waals surface area (Å²) in [6.07, 6.45) is 11.3. The van der Waals surface area contributed by atoms with Crippen molar-refractivity contribution in [2.75, 3.05) is 30.5 Å². The Labute approximate surface area is 144 Å². The molecule has 0 aromatic rings. The molecule has 4 nitrogen and oxygen atoms in total. The van der Waals surface area contributed by atoms with Crippen LogP contribution in [0.1, 0.15) is 64.2 Å². The first-order chi connectivity index (χ1) is 11.2. The van der Waals surface area contributed by atoms with E-state index in [4.69, 9.17) is 10.2 Å². The van der Waals surface area contributed by atoms with E-state index in [1.807, 2.05) is 0 Å². The van der Waals surface area contributed by atoms with Crippen molar-refractivity contribution in [3.05, 3.63) is 0 Å². The molecule has 0 bridgehead atoms. The van der Waals surface area contributed by atoms with Gasteiger partial charge < -0.3 is 20.4 Å². The molecule has 0 aromatic carbocycles. The Morgan fingerprint density at radius 1 is 0.783 bits per heavy atom. The second-order valence-electron chi connectivity index (χ2n) is 6.89. The molecule has 5 heteroatoms. The van der Waals surface area contributed by atoms with Gasteiger partial charge in [-0.1, -0.05) is 44.9 Å². The van der Waals surface area contributed by atoms with Crippen molar-refractivity contribution in [3.63, 3.8) is 0 Å². The fourth-order valence-corrected chi connectivity index (χ4v) is 6.12. The Morgan fingerprint density at radius 3 is 1.83 bits per heavy atom. The maximum Gasteiger partial charge on any atom is 0.134 e. The SMILES string of the molecule is OCCCCCCCCCCCC[S+]1C[C@H]([C@H](O)CO)[C@H](O)C1. The Morgan fingerprint density at radius 2 is 1.30 bits per heavy atom. The van der Waals surface area contributed by atoms with Crippen LogP contribution in [0.5, 0.6) is 0 Å². The summed E-state index contributed by atoms with van der Waals surface area (Å²) >= 11 is 0. The third-order valence-electron chi connectivity index (χ3n) is 4.85. The maximum absolute atomic E-state index is 9.96. The molecule has 1 rings (SSSR count). The van der Waals surface area contributed by atoms with Crippen molar-refractivity contribution in [1.29, 1.82) is 0 Å². The zero-order valence-electron chi connectivity index (χ0n) is 14.5. The number of aliphatic hydroxyl groups is 4. The van der Waals surface area contributed by atoms with Crippen molar-refractivity contribution in [3.8, 4) is 0 Å². The summed E-state index contributed by atoms with van der Waals surface area (Å²) in [6.45, 7) is 0.0946. The Kier molecular flexibility index (Phi) is 12.4. The van der Waals surface area contributed by atoms with Crippen LogP contribution in [0.25, 0.3) is 0 Å². The van der Waals surface area contributed by atoms with Gasteiger partial charge in [-0.15, -0.1) is 0 Å². The highest BCUT2D eigenvalue weighted by atomic mass is 32.2. The molecule has 0 radical (unpaired) electrons. The smallest absolute Gasteiger partial charge is 0.134 e. The summed E-state index contributed by atoms with van der Waals surface area (Å²) in [5.74, 6) is 2.76. The average Bonchev–Trinajstić information content (AvgIpc) is 2.92. The van der Waals surface area contributed by atoms with Crippen molar-refractivity contribution >= 4 is 10.9 Å². The van der Waals surface area contributed by atoms with Gasteiger partial charge in [0.05, 0.1) is 18.6 Å². The van der Waals surface area contributed by atoms with E-state index in [-0.39, 0.29) is 23.4 Å². The summed E-state index contributed by atoms with van der Waals surface area (Å²) < 4.78 is 0. The molecule has 1 saturated heterocycles. The van der Waals surface area contributed by atoms with Crippen molar-refractivity contribution in [2.45, 2.75) is 76.4 Å². The molecule has 4 atom stereocenters. The normalized spacial score (nSPS) is 25.8. The van der Waals surface area contributed by atoms with E-state index < -0.39 is 12.2 Å². The van der Waals surface area contributed by atoms with Crippen LogP contribution in [-0.2, 0) is 10.9 Å². The van der Waals surface area contributed by atoms with Gasteiger partial charge in [0.15, 0.2) is 0 Å². The molecule has 0 aromatic heterocycles. The minimum atomic E-state index is -0.750. The van der Waals surface area contributed by atoms with Gasteiger partial charge >= 0.3 is 0 Å². The van der Waals surface area contributed by atoms with Crippen LogP contribution in [0.4, 0.5) is 0 Å². The van der Waals surface area contributed by atoms with E-state index >= 15 is 0 Å². The summed E-state index contributed by atoms with van der Waals surface area (Å²) in [7, 11) is 0.235. The molecule has 1 aliphatic rings. The predicted octanol–water partition coefficient (Wildman–Crippen LogP) is 1.84. The Bertz CT molecular complexity index is 278. The standard InChI is InChI=1S/C18H37O4S/c19-11-9-7-5-3-1-2-4-6-8-10-12-23-14-16(17(21)13-20)18(22)15-23/h16-22H,1-15H2/q+1/t16-,17-,18-,23?/m1/s1. The van der Waals surface area contributed by atoms with Crippen LogP contribution < -0.4 is 0 Å². The zero-order chi connectivity index (χ0) is 16.9. The maximum atomic E-state index is 9.96. The van der Waals surface area contributed by atoms with E-state index in [1.165, 1.54) is 57.1 Å². The molecule has 138 valence electrons. The van der Waals surface area contributed by atoms with Crippen molar-refractivity contribution in [1.82, 2.24) is 0 Å². The van der Waals surface area contributed by atoms with Gasteiger partial charge in [0.1, 0.15) is 23.4 Å². The molecule has 0 spiro atoms. The van der Waals surface area contributed by atoms with Crippen LogP contribution in [0.3, 0.4) is 0 Å². The van der Waals surface area contributed by atoms with Gasteiger partial charge in [-0.25, -0.2) is 0 Å². The molecule has 1 heterocycles. The van der Waals surface area contributed by atoms with Crippen molar-refractivity contribution in [2.24, 2.45) is 5.92 Å². The lowest BCUT2D eigenvalue weighted by atomic mass is 10.0. The number of hydrogen-bond acceptors (Lipinski definition) is 4. The summed E-state index contributed by atoms with van der Waals surface area (Å²) in [5, 5.41) is 37.4. The highest BCUT2D eigenvalue weighted by Gasteiger charge is 2.43. The lowest BCUT2D eigenvalue weighted by Crippen LogP contribution is -2.32. The minimum Gasteiger partial charge on any atom is -0.396 e. The molecular weight excluding hydrogens is 312 g/mol. The highest BCUT2D eigenvalue weighted by molar-refractivity contribution is 7.97. The van der Waals surface area contributed by atoms with Gasteiger partial charge in [-0.05, 0) is 30.2 Å². The molecule has 1 unspecified atom stereocenters. The van der Waals surface area contributed by atoms with E-state index in [9.17, 15) is 10.2 Å². The fraction of sp³-hybridized carbons (Fsp3) is 1.00. The predicted molar refractivity (Wildman–Crippen MR) is 97.8 cm³/mol. The van der Waals surface area contributed by atoms with Crippen LogP contribution in [0, 0.1) is 5.92 Å². The number of unbranched alkanes of at least 4 members (excludes halogenated alkanes) is 9. The third kappa shape index (κ3) is 9.30. The van der Waals surface area contributed by atoms with Crippen LogP contribution in [-0.4, -0.2) is 63.1 Å². The van der Waals surface area contributed by atoms with Crippen LogP contribution in [0.15, 0.2) is 0 Å². The summed E-state index contributed by atoms with van der Waals surface area (Å²) in [6, 6.07) is 0. The largest absolute Gasteiger partial charge is 0.396 e. The highest BCUT2D eigenvalue weighted by Crippen LogP contribution is 2.25. The zero-order valence-corrected chi connectivity index (χ0v) is 15.4. The number of aliphatic hydroxyl groups excluding tert-OH is 4. The topological polar surface area (TPSA) is 80.9 Å². The van der Waals surface area contributed by atoms with E-state index in [0.29, 0.717) is 6.61 Å². The fourth-order valence-electron chi connectivity index (χ4n) is 3.32. The Balaban J connectivity index is 1.90. The molecule has 23 heavy (non-hydrogen) atoms. The van der Waals surface area contributed by atoms with Crippen LogP contribution in [0.2, 0.25) is 0 Å². The van der Waals surface area contributed by atoms with E-state index in [0.717, 1.165) is 24.3 Å². The first-order valence-electron chi connectivity index (χ1n) is 9.41. The molecule has 1 fully saturated rings. The molecule has 4 N–H and O–H groups in total. The lowest BCUT2D eigenvalue weighted by Gasteiger charge is -2.15. The van der Waals surface area contributed by atoms with Gasteiger partial charge in [0, 0.05) is 6.61 Å². The molecule has 0 aliphatic carbocycles. The van der Waals surface area contributed by atoms with Gasteiger partial charge in [-0.2, -0.15) is 0 Å². The summed E-state index contributed by atoms with van der Waals surface area (Å²) in [5.41, 5.74) is 0. The molecule has 0 amide bonds. The van der Waals surface area contributed by atoms with E-state index in [1.54, 1.807) is 0 Å². The monoisotopic (exact) mass is 349 g/mol. The minimum absolute atomic E-state index is 0.117. The second kappa shape index (κ2) is 13.5. The Hall–Kier alpha value is 0.190. The first-order valence-corrected chi connectivity index (χ1v) is 11.1. The lowest BCUT2D eigenvalue weighted by molar-refractivity contribution is 0.00718. The average molecular weight is 350 g/mol. The van der Waals surface area contributed by atoms with E-state index in [2.05, 4.69) is 0 Å². The van der Waals surface area contributed by atoms with Crippen LogP contribution >= 0.6 is 0 Å². The summed E-state index contributed by atoms with van der Waals surface area (Å²) in [4.78, 5) is 0. The van der Waals surface area contributed by atoms with Gasteiger partial charge in [0.25, 0.3) is 0 Å². The number of hydrogen-bond donors (Lipinski definition) is 4. The molecular formula is C18H37O4S+. The third-order valence-corrected chi connectivity index (χ3v) is 7.39. The quantitative estimate of drug-likeness (QED) is 0.285. The van der Waals surface area contributed by atoms with Crippen molar-refractivity contribution < 1.29 is 20.4 Å². The number of rotatable bonds is 14. The first kappa shape index (κ1) is 21.2. The molecule has 0 saturated carbocycles. The molecule has 1 aliphatic heterocycles. The van der Waals surface area contributed by atoms with Gasteiger partial charge in [0.2, 0.25) is 0 Å². The van der Waals surface area contributed by atoms with Gasteiger partial charge in [-0.3, -0.25) is 0 Å². The second-order valence-corrected chi connectivity index (χ2v) is 9.19.